The number of unbranched alkanes of at least 4 members (excludes halogenated alkanes) is 3. The fourth-order valence-electron chi connectivity index (χ4n) is 8.07. The van der Waals surface area contributed by atoms with Gasteiger partial charge in [0.2, 0.25) is 0 Å². The highest BCUT2D eigenvalue weighted by Gasteiger charge is 2.19. The summed E-state index contributed by atoms with van der Waals surface area (Å²) in [5.74, 6) is -0.695. The third kappa shape index (κ3) is 13.4. The Labute approximate surface area is 404 Å². The van der Waals surface area contributed by atoms with Crippen molar-refractivity contribution in [2.45, 2.75) is 100.0 Å². The van der Waals surface area contributed by atoms with Crippen molar-refractivity contribution >= 4 is 40.2 Å². The molecule has 356 valence electrons. The van der Waals surface area contributed by atoms with E-state index in [-0.39, 0.29) is 17.9 Å². The predicted molar refractivity (Wildman–Crippen MR) is 273 cm³/mol. The van der Waals surface area contributed by atoms with E-state index in [1.54, 1.807) is 0 Å². The molecular weight excluding hydrogens is 865 g/mol. The Morgan fingerprint density at radius 2 is 0.971 bits per heavy atom. The van der Waals surface area contributed by atoms with E-state index in [4.69, 9.17) is 34.1 Å². The van der Waals surface area contributed by atoms with Crippen LogP contribution < -0.4 is 0 Å². The van der Waals surface area contributed by atoms with Crippen LogP contribution in [0.5, 0.6) is 0 Å². The van der Waals surface area contributed by atoms with E-state index >= 15 is 0 Å². The van der Waals surface area contributed by atoms with Crippen molar-refractivity contribution in [1.29, 1.82) is 0 Å². The predicted octanol–water partition coefficient (Wildman–Crippen LogP) is 12.0. The molecule has 0 fully saturated rings. The molecule has 8 rings (SSSR count). The minimum absolute atomic E-state index is 0.130. The van der Waals surface area contributed by atoms with Crippen molar-refractivity contribution in [3.63, 3.8) is 0 Å². The lowest BCUT2D eigenvalue weighted by Crippen LogP contribution is -2.09. The van der Waals surface area contributed by atoms with Crippen LogP contribution in [0.4, 0.5) is 0 Å². The lowest BCUT2D eigenvalue weighted by molar-refractivity contribution is -0.143. The van der Waals surface area contributed by atoms with Crippen molar-refractivity contribution in [1.82, 2.24) is 29.5 Å². The number of nitrogens with zero attached hydrogens (tertiary/aromatic N) is 5. The van der Waals surface area contributed by atoms with Gasteiger partial charge in [-0.2, -0.15) is 0 Å². The highest BCUT2D eigenvalue weighted by molar-refractivity contribution is 5.87. The molecule has 12 heteroatoms. The molecule has 4 aromatic heterocycles. The number of esters is 3. The topological polar surface area (TPSA) is 151 Å². The second kappa shape index (κ2) is 23.5. The maximum atomic E-state index is 11.6. The fourth-order valence-corrected chi connectivity index (χ4v) is 8.07. The summed E-state index contributed by atoms with van der Waals surface area (Å²) in [7, 11) is 0. The molecule has 4 heterocycles. The summed E-state index contributed by atoms with van der Waals surface area (Å²) >= 11 is 0. The van der Waals surface area contributed by atoms with Crippen LogP contribution in [0.3, 0.4) is 0 Å². The van der Waals surface area contributed by atoms with Gasteiger partial charge in [0, 0.05) is 73.3 Å². The van der Waals surface area contributed by atoms with Crippen LogP contribution in [0.15, 0.2) is 109 Å². The molecule has 0 spiro atoms. The maximum absolute atomic E-state index is 11.6. The van der Waals surface area contributed by atoms with E-state index in [0.717, 1.165) is 111 Å². The molecule has 0 bridgehead atoms. The van der Waals surface area contributed by atoms with Gasteiger partial charge in [0.25, 0.3) is 0 Å². The summed E-state index contributed by atoms with van der Waals surface area (Å²) in [6, 6.07) is 37.5. The van der Waals surface area contributed by atoms with Crippen molar-refractivity contribution < 1.29 is 28.6 Å². The van der Waals surface area contributed by atoms with Gasteiger partial charge in [-0.25, -0.2) is 19.9 Å². The standard InChI is InChI=1S/C33H39N3O4.C24H23N3O2/c1-5-39-30(38)10-8-6-7-9-20-36-28(19-21-40-25(4)37)22-29-33(36)35-32(27-17-13-24(3)14-18-27)31(34-29)26-15-11-23(2)12-16-26;1-15-4-8-18(9-5-15)22-23(19-10-6-16(2)7-11-19)27-24-21(26-22)14-20(25-24)12-13-29-17(3)28/h11-18,22H,5-10,19-21H2,1-4H3;4-11,14H,12-13H2,1-3H3,(H,25,27). The Morgan fingerprint density at radius 1 is 0.522 bits per heavy atom. The van der Waals surface area contributed by atoms with E-state index in [0.29, 0.717) is 39.1 Å². The molecule has 0 amide bonds. The first-order chi connectivity index (χ1) is 33.3. The Hall–Kier alpha value is -7.47. The molecule has 4 aromatic carbocycles. The first-order valence-corrected chi connectivity index (χ1v) is 23.9. The zero-order valence-electron chi connectivity index (χ0n) is 40.9. The first kappa shape index (κ1) is 49.4. The average molecular weight is 927 g/mol. The Morgan fingerprint density at radius 3 is 1.46 bits per heavy atom. The van der Waals surface area contributed by atoms with Gasteiger partial charge >= 0.3 is 17.9 Å². The molecule has 1 N–H and O–H groups in total. The Bertz CT molecular complexity index is 2930. The number of fused-ring (bicyclic) bond motifs is 2. The number of aromatic amines is 1. The molecule has 0 aliphatic carbocycles. The number of benzene rings is 4. The van der Waals surface area contributed by atoms with Gasteiger partial charge in [0.15, 0.2) is 11.3 Å². The molecule has 0 unspecified atom stereocenters. The van der Waals surface area contributed by atoms with Gasteiger partial charge in [0.1, 0.15) is 11.0 Å². The molecule has 0 atom stereocenters. The largest absolute Gasteiger partial charge is 0.466 e. The normalized spacial score (nSPS) is 11.1. The number of hydrogen-bond donors (Lipinski definition) is 1. The molecule has 69 heavy (non-hydrogen) atoms. The minimum Gasteiger partial charge on any atom is -0.466 e. The quantitative estimate of drug-likeness (QED) is 0.0500. The summed E-state index contributed by atoms with van der Waals surface area (Å²) in [4.78, 5) is 57.6. The molecule has 8 aromatic rings. The van der Waals surface area contributed by atoms with Crippen LogP contribution in [0.25, 0.3) is 67.4 Å². The molecule has 12 nitrogen and oxygen atoms in total. The number of carbonyl (C=O) groups excluding carboxylic acids is 3. The Balaban J connectivity index is 0.000000214. The van der Waals surface area contributed by atoms with Crippen molar-refractivity contribution in [2.75, 3.05) is 19.8 Å². The summed E-state index contributed by atoms with van der Waals surface area (Å²) in [5, 5.41) is 0. The van der Waals surface area contributed by atoms with Gasteiger partial charge in [-0.05, 0) is 59.6 Å². The zero-order chi connectivity index (χ0) is 48.9. The van der Waals surface area contributed by atoms with Gasteiger partial charge < -0.3 is 23.8 Å². The molecule has 0 aliphatic rings. The summed E-state index contributed by atoms with van der Waals surface area (Å²) < 4.78 is 17.6. The van der Waals surface area contributed by atoms with Crippen LogP contribution in [0.2, 0.25) is 0 Å². The van der Waals surface area contributed by atoms with Gasteiger partial charge in [-0.1, -0.05) is 132 Å². The first-order valence-electron chi connectivity index (χ1n) is 23.9. The lowest BCUT2D eigenvalue weighted by atomic mass is 10.0. The van der Waals surface area contributed by atoms with Crippen molar-refractivity contribution in [2.24, 2.45) is 0 Å². The molecule has 0 saturated heterocycles. The zero-order valence-corrected chi connectivity index (χ0v) is 40.9. The summed E-state index contributed by atoms with van der Waals surface area (Å²) in [6.07, 6.45) is 5.34. The van der Waals surface area contributed by atoms with Crippen LogP contribution in [0.1, 0.15) is 86.5 Å². The second-order valence-electron chi connectivity index (χ2n) is 17.5. The molecule has 0 aliphatic heterocycles. The van der Waals surface area contributed by atoms with Gasteiger partial charge in [0.05, 0.1) is 42.6 Å². The number of hydrogen-bond acceptors (Lipinski definition) is 10. The third-order valence-electron chi connectivity index (χ3n) is 11.8. The number of ether oxygens (including phenoxy) is 3. The van der Waals surface area contributed by atoms with E-state index in [9.17, 15) is 14.4 Å². The lowest BCUT2D eigenvalue weighted by Gasteiger charge is -2.13. The highest BCUT2D eigenvalue weighted by atomic mass is 16.5. The van der Waals surface area contributed by atoms with Crippen molar-refractivity contribution in [3.8, 4) is 45.0 Å². The number of nitrogens with one attached hydrogen (secondary N) is 1. The summed E-state index contributed by atoms with van der Waals surface area (Å²) in [6.45, 7) is 14.8. The summed E-state index contributed by atoms with van der Waals surface area (Å²) in [5.41, 5.74) is 17.4. The van der Waals surface area contributed by atoms with Crippen molar-refractivity contribution in [3.05, 3.63) is 143 Å². The second-order valence-corrected chi connectivity index (χ2v) is 17.5. The van der Waals surface area contributed by atoms with E-state index in [1.165, 1.54) is 36.1 Å². The van der Waals surface area contributed by atoms with E-state index in [1.807, 2.05) is 13.0 Å². The average Bonchev–Trinajstić information content (AvgIpc) is 3.89. The third-order valence-corrected chi connectivity index (χ3v) is 11.8. The van der Waals surface area contributed by atoms with E-state index in [2.05, 4.69) is 140 Å². The van der Waals surface area contributed by atoms with Crippen LogP contribution in [-0.4, -0.2) is 67.2 Å². The fraction of sp³-hybridized carbons (Fsp3) is 0.316. The number of H-pyrrole nitrogens is 1. The number of aryl methyl sites for hydroxylation is 5. The molecule has 0 saturated carbocycles. The molecular formula is C57H62N6O6. The highest BCUT2D eigenvalue weighted by Crippen LogP contribution is 2.34. The van der Waals surface area contributed by atoms with E-state index < -0.39 is 0 Å². The number of aromatic nitrogens is 6. The van der Waals surface area contributed by atoms with Crippen LogP contribution >= 0.6 is 0 Å². The molecule has 0 radical (unpaired) electrons. The van der Waals surface area contributed by atoms with Crippen LogP contribution in [-0.2, 0) is 48.0 Å². The Kier molecular flexibility index (Phi) is 16.8. The van der Waals surface area contributed by atoms with Gasteiger partial charge in [-0.15, -0.1) is 0 Å². The minimum atomic E-state index is -0.288. The smallest absolute Gasteiger partial charge is 0.305 e. The number of rotatable bonds is 18. The maximum Gasteiger partial charge on any atom is 0.305 e. The van der Waals surface area contributed by atoms with Crippen LogP contribution in [0, 0.1) is 27.7 Å². The SMILES string of the molecule is CC(=O)OCCc1cc2nc(-c3ccc(C)cc3)c(-c3ccc(C)cc3)nc2[nH]1.CCOC(=O)CCCCCCn1c(CCOC(C)=O)cc2nc(-c3ccc(C)cc3)c(-c3ccc(C)cc3)nc21. The van der Waals surface area contributed by atoms with Gasteiger partial charge in [-0.3, -0.25) is 14.4 Å². The monoisotopic (exact) mass is 926 g/mol. The number of carbonyl (C=O) groups is 3.